The van der Waals surface area contributed by atoms with Gasteiger partial charge in [-0.3, -0.25) is 0 Å². The van der Waals surface area contributed by atoms with Crippen LogP contribution >= 0.6 is 0 Å². The highest BCUT2D eigenvalue weighted by Crippen LogP contribution is 2.03. The smallest absolute Gasteiger partial charge is 0.0373 e. The Morgan fingerprint density at radius 2 is 1.92 bits per heavy atom. The summed E-state index contributed by atoms with van der Waals surface area (Å²) in [6.07, 6.45) is 2.00. The summed E-state index contributed by atoms with van der Waals surface area (Å²) in [4.78, 5) is 2.05. The predicted octanol–water partition coefficient (Wildman–Crippen LogP) is 1.55. The molecule has 0 aliphatic rings. The lowest BCUT2D eigenvalue weighted by Crippen LogP contribution is -2.19. The molecule has 1 aromatic rings. The van der Waals surface area contributed by atoms with Crippen LogP contribution in [0.15, 0.2) is 36.0 Å². The summed E-state index contributed by atoms with van der Waals surface area (Å²) in [6, 6.07) is 10.1. The van der Waals surface area contributed by atoms with Crippen LogP contribution in [0.3, 0.4) is 0 Å². The van der Waals surface area contributed by atoms with Gasteiger partial charge >= 0.3 is 0 Å². The zero-order valence-corrected chi connectivity index (χ0v) is 8.20. The van der Waals surface area contributed by atoms with Gasteiger partial charge < -0.3 is 10.6 Å². The molecule has 0 fully saturated rings. The first-order chi connectivity index (χ1) is 6.18. The summed E-state index contributed by atoms with van der Waals surface area (Å²) in [5.41, 5.74) is 7.87. The van der Waals surface area contributed by atoms with Crippen molar-refractivity contribution < 1.29 is 0 Å². The van der Waals surface area contributed by atoms with Crippen LogP contribution in [0.2, 0.25) is 0 Å². The molecular formula is C11H16N2. The molecule has 2 nitrogen and oxygen atoms in total. The van der Waals surface area contributed by atoms with Crippen LogP contribution in [0.4, 0.5) is 0 Å². The zero-order chi connectivity index (χ0) is 9.68. The lowest BCUT2D eigenvalue weighted by atomic mass is 10.2. The SMILES string of the molecule is CN(C)C/C(N)=C\c1ccccc1. The molecule has 2 N–H and O–H groups in total. The Bertz CT molecular complexity index is 275. The molecule has 0 aromatic heterocycles. The van der Waals surface area contributed by atoms with E-state index in [0.717, 1.165) is 17.8 Å². The van der Waals surface area contributed by atoms with Gasteiger partial charge in [0.05, 0.1) is 0 Å². The minimum absolute atomic E-state index is 0.800. The van der Waals surface area contributed by atoms with Gasteiger partial charge in [0.2, 0.25) is 0 Å². The minimum Gasteiger partial charge on any atom is -0.401 e. The quantitative estimate of drug-likeness (QED) is 0.757. The minimum atomic E-state index is 0.800. The standard InChI is InChI=1S/C11H16N2/c1-13(2)9-11(12)8-10-6-4-3-5-7-10/h3-8H,9,12H2,1-2H3/b11-8+. The molecule has 0 saturated heterocycles. The first kappa shape index (κ1) is 9.81. The maximum atomic E-state index is 5.83. The van der Waals surface area contributed by atoms with Crippen LogP contribution in [0, 0.1) is 0 Å². The second kappa shape index (κ2) is 4.67. The fourth-order valence-corrected chi connectivity index (χ4v) is 1.17. The summed E-state index contributed by atoms with van der Waals surface area (Å²) in [6.45, 7) is 0.800. The third-order valence-electron chi connectivity index (χ3n) is 1.65. The predicted molar refractivity (Wildman–Crippen MR) is 57.2 cm³/mol. The van der Waals surface area contributed by atoms with E-state index in [1.54, 1.807) is 0 Å². The number of nitrogens with two attached hydrogens (primary N) is 1. The topological polar surface area (TPSA) is 29.3 Å². The monoisotopic (exact) mass is 176 g/mol. The molecule has 0 spiro atoms. The summed E-state index contributed by atoms with van der Waals surface area (Å²) >= 11 is 0. The Hall–Kier alpha value is -1.28. The number of rotatable bonds is 3. The summed E-state index contributed by atoms with van der Waals surface area (Å²) < 4.78 is 0. The molecule has 1 rings (SSSR count). The second-order valence-corrected chi connectivity index (χ2v) is 3.37. The average molecular weight is 176 g/mol. The van der Waals surface area contributed by atoms with E-state index in [4.69, 9.17) is 5.73 Å². The van der Waals surface area contributed by atoms with Gasteiger partial charge in [-0.2, -0.15) is 0 Å². The number of likely N-dealkylation sites (N-methyl/N-ethyl adjacent to an activating group) is 1. The Kier molecular flexibility index (Phi) is 3.53. The van der Waals surface area contributed by atoms with Crippen molar-refractivity contribution in [1.82, 2.24) is 4.90 Å². The molecular weight excluding hydrogens is 160 g/mol. The molecule has 0 saturated carbocycles. The summed E-state index contributed by atoms with van der Waals surface area (Å²) in [5, 5.41) is 0. The van der Waals surface area contributed by atoms with Crippen molar-refractivity contribution in [3.8, 4) is 0 Å². The molecule has 0 atom stereocenters. The van der Waals surface area contributed by atoms with Crippen LogP contribution in [-0.2, 0) is 0 Å². The third kappa shape index (κ3) is 3.76. The molecule has 13 heavy (non-hydrogen) atoms. The van der Waals surface area contributed by atoms with E-state index in [1.807, 2.05) is 50.5 Å². The maximum Gasteiger partial charge on any atom is 0.0373 e. The Morgan fingerprint density at radius 3 is 2.46 bits per heavy atom. The molecule has 0 amide bonds. The van der Waals surface area contributed by atoms with Gasteiger partial charge in [0, 0.05) is 12.2 Å². The highest BCUT2D eigenvalue weighted by atomic mass is 15.1. The van der Waals surface area contributed by atoms with Crippen molar-refractivity contribution in [2.24, 2.45) is 5.73 Å². The van der Waals surface area contributed by atoms with Gasteiger partial charge in [-0.15, -0.1) is 0 Å². The van der Waals surface area contributed by atoms with Crippen LogP contribution in [0.1, 0.15) is 5.56 Å². The van der Waals surface area contributed by atoms with E-state index >= 15 is 0 Å². The molecule has 0 radical (unpaired) electrons. The molecule has 1 aromatic carbocycles. The fraction of sp³-hybridized carbons (Fsp3) is 0.273. The molecule has 0 heterocycles. The lowest BCUT2D eigenvalue weighted by molar-refractivity contribution is 0.444. The van der Waals surface area contributed by atoms with Crippen LogP contribution < -0.4 is 5.73 Å². The molecule has 0 bridgehead atoms. The van der Waals surface area contributed by atoms with E-state index in [9.17, 15) is 0 Å². The largest absolute Gasteiger partial charge is 0.401 e. The van der Waals surface area contributed by atoms with E-state index in [-0.39, 0.29) is 0 Å². The van der Waals surface area contributed by atoms with Gasteiger partial charge in [0.15, 0.2) is 0 Å². The van der Waals surface area contributed by atoms with Gasteiger partial charge in [-0.05, 0) is 25.7 Å². The highest BCUT2D eigenvalue weighted by Gasteiger charge is 1.93. The van der Waals surface area contributed by atoms with E-state index < -0.39 is 0 Å². The van der Waals surface area contributed by atoms with Gasteiger partial charge in [-0.1, -0.05) is 30.3 Å². The van der Waals surface area contributed by atoms with Gasteiger partial charge in [0.25, 0.3) is 0 Å². The molecule has 0 unspecified atom stereocenters. The lowest BCUT2D eigenvalue weighted by Gasteiger charge is -2.09. The van der Waals surface area contributed by atoms with E-state index in [0.29, 0.717) is 0 Å². The fourth-order valence-electron chi connectivity index (χ4n) is 1.17. The zero-order valence-electron chi connectivity index (χ0n) is 8.20. The van der Waals surface area contributed by atoms with Gasteiger partial charge in [-0.25, -0.2) is 0 Å². The van der Waals surface area contributed by atoms with Crippen LogP contribution in [-0.4, -0.2) is 25.5 Å². The number of hydrogen-bond donors (Lipinski definition) is 1. The third-order valence-corrected chi connectivity index (χ3v) is 1.65. The van der Waals surface area contributed by atoms with Crippen molar-refractivity contribution >= 4 is 6.08 Å². The molecule has 0 aliphatic carbocycles. The van der Waals surface area contributed by atoms with Crippen molar-refractivity contribution in [1.29, 1.82) is 0 Å². The first-order valence-electron chi connectivity index (χ1n) is 4.34. The van der Waals surface area contributed by atoms with E-state index in [1.165, 1.54) is 0 Å². The number of hydrogen-bond acceptors (Lipinski definition) is 2. The van der Waals surface area contributed by atoms with Crippen molar-refractivity contribution in [3.63, 3.8) is 0 Å². The molecule has 0 aliphatic heterocycles. The second-order valence-electron chi connectivity index (χ2n) is 3.37. The van der Waals surface area contributed by atoms with Crippen LogP contribution in [0.25, 0.3) is 6.08 Å². The average Bonchev–Trinajstić information content (AvgIpc) is 2.04. The molecule has 70 valence electrons. The first-order valence-corrected chi connectivity index (χ1v) is 4.34. The van der Waals surface area contributed by atoms with Crippen molar-refractivity contribution in [3.05, 3.63) is 41.6 Å². The molecule has 2 heteroatoms. The Morgan fingerprint density at radius 1 is 1.31 bits per heavy atom. The highest BCUT2D eigenvalue weighted by molar-refractivity contribution is 5.51. The normalized spacial score (nSPS) is 12.1. The summed E-state index contributed by atoms with van der Waals surface area (Å²) in [7, 11) is 4.01. The number of benzene rings is 1. The Balaban J connectivity index is 2.66. The van der Waals surface area contributed by atoms with Crippen molar-refractivity contribution in [2.45, 2.75) is 0 Å². The maximum absolute atomic E-state index is 5.83. The van der Waals surface area contributed by atoms with E-state index in [2.05, 4.69) is 4.90 Å². The number of nitrogens with zero attached hydrogens (tertiary/aromatic N) is 1. The van der Waals surface area contributed by atoms with Crippen molar-refractivity contribution in [2.75, 3.05) is 20.6 Å². The van der Waals surface area contributed by atoms with Crippen LogP contribution in [0.5, 0.6) is 0 Å². The summed E-state index contributed by atoms with van der Waals surface area (Å²) in [5.74, 6) is 0. The Labute approximate surface area is 79.7 Å². The van der Waals surface area contributed by atoms with Gasteiger partial charge in [0.1, 0.15) is 0 Å².